The number of carbonyl (C=O) groups is 4. The van der Waals surface area contributed by atoms with Gasteiger partial charge in [0.2, 0.25) is 17.7 Å². The van der Waals surface area contributed by atoms with Crippen molar-refractivity contribution in [3.63, 3.8) is 0 Å². The molecule has 16 N–H and O–H groups in total. The highest BCUT2D eigenvalue weighted by molar-refractivity contribution is 5.95. The van der Waals surface area contributed by atoms with Gasteiger partial charge in [0.05, 0.1) is 6.04 Å². The number of benzene rings is 2. The lowest BCUT2D eigenvalue weighted by molar-refractivity contribution is -0.142. The molecule has 4 rings (SSSR count). The summed E-state index contributed by atoms with van der Waals surface area (Å²) in [5, 5.41) is 19.8. The summed E-state index contributed by atoms with van der Waals surface area (Å²) in [6, 6.07) is 10.3. The zero-order chi connectivity index (χ0) is 36.9. The van der Waals surface area contributed by atoms with Crippen molar-refractivity contribution < 1.29 is 24.3 Å². The van der Waals surface area contributed by atoms with Crippen molar-refractivity contribution in [1.29, 1.82) is 0 Å². The molecule has 2 aromatic carbocycles. The number of nitrogens with zero attached hydrogens (tertiary/aromatic N) is 2. The van der Waals surface area contributed by atoms with Crippen molar-refractivity contribution in [3.05, 3.63) is 72.1 Å². The standard InChI is InChI=1S/C34H46N12O5/c35-23(15-19-17-42-24-9-3-1-7-21(19)24)29(47)44-26(11-5-13-40-33(36)37)30(48)45-27(12-6-14-41-34(38)39)31(49)46-28(32(50)51)16-20-18-43-25-10-4-2-8-22(20)25/h1-4,7-10,17-18,23,26-28,42-43H,5-6,11-16,35H2,(H,44,47)(H,45,48)(H,46,49)(H,50,51)(H4,36,37,40)(H4,38,39,41). The van der Waals surface area contributed by atoms with Crippen molar-refractivity contribution in [2.24, 2.45) is 38.7 Å². The second-order valence-corrected chi connectivity index (χ2v) is 12.2. The maximum Gasteiger partial charge on any atom is 0.326 e. The topological polar surface area (TPSA) is 311 Å². The number of nitrogens with one attached hydrogen (secondary N) is 5. The first kappa shape index (κ1) is 37.7. The monoisotopic (exact) mass is 702 g/mol. The summed E-state index contributed by atoms with van der Waals surface area (Å²) in [4.78, 5) is 67.2. The minimum absolute atomic E-state index is 0.0163. The van der Waals surface area contributed by atoms with Crippen LogP contribution in [0, 0.1) is 0 Å². The Hall–Kier alpha value is -6.10. The molecule has 0 bridgehead atoms. The number of carboxylic acid groups (broad SMARTS) is 1. The van der Waals surface area contributed by atoms with Crippen LogP contribution in [0.15, 0.2) is 70.9 Å². The van der Waals surface area contributed by atoms with E-state index in [4.69, 9.17) is 28.7 Å². The first-order valence-corrected chi connectivity index (χ1v) is 16.5. The minimum Gasteiger partial charge on any atom is -0.480 e. The quantitative estimate of drug-likeness (QED) is 0.0335. The lowest BCUT2D eigenvalue weighted by Gasteiger charge is -2.25. The molecule has 0 spiro atoms. The predicted octanol–water partition coefficient (Wildman–Crippen LogP) is -0.592. The maximum atomic E-state index is 13.8. The van der Waals surface area contributed by atoms with Crippen LogP contribution in [0.5, 0.6) is 0 Å². The van der Waals surface area contributed by atoms with Gasteiger partial charge in [0.25, 0.3) is 0 Å². The van der Waals surface area contributed by atoms with Crippen molar-refractivity contribution >= 4 is 57.4 Å². The van der Waals surface area contributed by atoms with Gasteiger partial charge in [0, 0.05) is 53.7 Å². The third-order valence-corrected chi connectivity index (χ3v) is 8.32. The van der Waals surface area contributed by atoms with Gasteiger partial charge in [-0.2, -0.15) is 0 Å². The van der Waals surface area contributed by atoms with E-state index >= 15 is 0 Å². The number of para-hydroxylation sites is 2. The minimum atomic E-state index is -1.31. The number of hydrogen-bond acceptors (Lipinski definition) is 7. The van der Waals surface area contributed by atoms with E-state index in [2.05, 4.69) is 35.9 Å². The average Bonchev–Trinajstić information content (AvgIpc) is 3.70. The number of aromatic nitrogens is 2. The molecule has 0 aliphatic heterocycles. The molecule has 0 fully saturated rings. The Balaban J connectivity index is 1.49. The molecule has 0 radical (unpaired) electrons. The number of H-pyrrole nitrogens is 2. The van der Waals surface area contributed by atoms with E-state index in [0.29, 0.717) is 12.0 Å². The maximum absolute atomic E-state index is 13.8. The van der Waals surface area contributed by atoms with E-state index in [9.17, 15) is 24.3 Å². The first-order chi connectivity index (χ1) is 24.4. The molecule has 2 heterocycles. The van der Waals surface area contributed by atoms with Gasteiger partial charge in [-0.25, -0.2) is 4.79 Å². The van der Waals surface area contributed by atoms with Gasteiger partial charge in [-0.1, -0.05) is 36.4 Å². The van der Waals surface area contributed by atoms with E-state index in [1.165, 1.54) is 0 Å². The van der Waals surface area contributed by atoms with E-state index in [0.717, 1.165) is 27.4 Å². The number of aliphatic imine (C=N–C) groups is 2. The fourth-order valence-corrected chi connectivity index (χ4v) is 5.72. The molecule has 0 aliphatic carbocycles. The van der Waals surface area contributed by atoms with Crippen LogP contribution in [0.25, 0.3) is 21.8 Å². The smallest absolute Gasteiger partial charge is 0.326 e. The third kappa shape index (κ3) is 10.9. The Morgan fingerprint density at radius 2 is 1.08 bits per heavy atom. The van der Waals surface area contributed by atoms with Crippen LogP contribution in [0.2, 0.25) is 0 Å². The Labute approximate surface area is 293 Å². The third-order valence-electron chi connectivity index (χ3n) is 8.32. The van der Waals surface area contributed by atoms with E-state index < -0.39 is 47.9 Å². The predicted molar refractivity (Wildman–Crippen MR) is 195 cm³/mol. The fraction of sp³-hybridized carbons (Fsp3) is 0.353. The highest BCUT2D eigenvalue weighted by atomic mass is 16.4. The highest BCUT2D eigenvalue weighted by Gasteiger charge is 2.31. The number of nitrogens with two attached hydrogens (primary N) is 5. The number of carbonyl (C=O) groups excluding carboxylic acids is 3. The number of aromatic amines is 2. The number of hydrogen-bond donors (Lipinski definition) is 11. The number of aliphatic carboxylic acids is 1. The largest absolute Gasteiger partial charge is 0.480 e. The van der Waals surface area contributed by atoms with Gasteiger partial charge in [0.1, 0.15) is 18.1 Å². The number of amides is 3. The Morgan fingerprint density at radius 1 is 0.647 bits per heavy atom. The summed E-state index contributed by atoms with van der Waals surface area (Å²) in [6.07, 6.45) is 4.40. The van der Waals surface area contributed by atoms with Crippen LogP contribution in [0.4, 0.5) is 0 Å². The van der Waals surface area contributed by atoms with E-state index in [-0.39, 0.29) is 57.1 Å². The van der Waals surface area contributed by atoms with Crippen LogP contribution in [-0.4, -0.2) is 87.9 Å². The SMILES string of the molecule is NC(N)=NCCCC(NC(=O)C(N)Cc1c[nH]c2ccccc12)C(=O)NC(CCCN=C(N)N)C(=O)NC(Cc1c[nH]c2ccccc12)C(=O)O. The zero-order valence-electron chi connectivity index (χ0n) is 28.1. The molecule has 3 amide bonds. The van der Waals surface area contributed by atoms with Crippen molar-refractivity contribution in [2.45, 2.75) is 62.7 Å². The molecule has 0 saturated carbocycles. The molecular formula is C34H46N12O5. The van der Waals surface area contributed by atoms with Gasteiger partial charge in [-0.05, 0) is 55.4 Å². The Kier molecular flexibility index (Phi) is 13.3. The molecule has 0 aliphatic rings. The van der Waals surface area contributed by atoms with Crippen molar-refractivity contribution in [2.75, 3.05) is 13.1 Å². The van der Waals surface area contributed by atoms with Crippen molar-refractivity contribution in [3.8, 4) is 0 Å². The molecule has 0 saturated heterocycles. The normalized spacial score (nSPS) is 13.4. The summed E-state index contributed by atoms with van der Waals surface area (Å²) < 4.78 is 0. The van der Waals surface area contributed by atoms with Gasteiger partial charge >= 0.3 is 5.97 Å². The summed E-state index contributed by atoms with van der Waals surface area (Å²) in [6.45, 7) is 0.334. The summed E-state index contributed by atoms with van der Waals surface area (Å²) >= 11 is 0. The highest BCUT2D eigenvalue weighted by Crippen LogP contribution is 2.20. The van der Waals surface area contributed by atoms with Crippen LogP contribution < -0.4 is 44.6 Å². The number of guanidine groups is 2. The molecule has 17 heteroatoms. The molecule has 4 unspecified atom stereocenters. The second-order valence-electron chi connectivity index (χ2n) is 12.2. The van der Waals surface area contributed by atoms with Crippen molar-refractivity contribution in [1.82, 2.24) is 25.9 Å². The molecule has 2 aromatic heterocycles. The number of carboxylic acids is 1. The molecular weight excluding hydrogens is 656 g/mol. The van der Waals surface area contributed by atoms with Gasteiger partial charge in [0.15, 0.2) is 11.9 Å². The number of rotatable bonds is 19. The van der Waals surface area contributed by atoms with Crippen LogP contribution >= 0.6 is 0 Å². The van der Waals surface area contributed by atoms with Gasteiger partial charge in [-0.15, -0.1) is 0 Å². The van der Waals surface area contributed by atoms with Gasteiger partial charge in [-0.3, -0.25) is 24.4 Å². The molecule has 4 aromatic rings. The Morgan fingerprint density at radius 3 is 1.55 bits per heavy atom. The average molecular weight is 703 g/mol. The van der Waals surface area contributed by atoms with Crippen LogP contribution in [0.3, 0.4) is 0 Å². The summed E-state index contributed by atoms with van der Waals surface area (Å²) in [7, 11) is 0. The molecule has 17 nitrogen and oxygen atoms in total. The van der Waals surface area contributed by atoms with E-state index in [1.54, 1.807) is 12.4 Å². The molecule has 272 valence electrons. The summed E-state index contributed by atoms with van der Waals surface area (Å²) in [5.41, 5.74) is 31.3. The van der Waals surface area contributed by atoms with E-state index in [1.807, 2.05) is 48.5 Å². The first-order valence-electron chi connectivity index (χ1n) is 16.5. The second kappa shape index (κ2) is 18.1. The number of fused-ring (bicyclic) bond motifs is 2. The van der Waals surface area contributed by atoms with Crippen LogP contribution in [0.1, 0.15) is 36.8 Å². The van der Waals surface area contributed by atoms with Crippen LogP contribution in [-0.2, 0) is 32.0 Å². The van der Waals surface area contributed by atoms with Gasteiger partial charge < -0.3 is 59.7 Å². The lowest BCUT2D eigenvalue weighted by atomic mass is 10.0. The summed E-state index contributed by atoms with van der Waals surface area (Å²) in [5.74, 6) is -3.52. The Bertz CT molecular complexity index is 1880. The molecule has 4 atom stereocenters. The fourth-order valence-electron chi connectivity index (χ4n) is 5.72. The zero-order valence-corrected chi connectivity index (χ0v) is 28.1. The molecule has 51 heavy (non-hydrogen) atoms. The lowest BCUT2D eigenvalue weighted by Crippen LogP contribution is -2.57.